The molecule has 3 nitrogen and oxygen atoms in total. The molecule has 0 aliphatic heterocycles. The number of thiophene rings is 1. The zero-order valence-electron chi connectivity index (χ0n) is 12.7. The summed E-state index contributed by atoms with van der Waals surface area (Å²) in [7, 11) is 0. The number of carbonyl (C=O) groups excluding carboxylic acids is 1. The van der Waals surface area contributed by atoms with Crippen LogP contribution in [0.1, 0.15) is 26.6 Å². The number of aryl methyl sites for hydroxylation is 1. The lowest BCUT2D eigenvalue weighted by atomic mass is 10.2. The molecule has 1 amide bonds. The summed E-state index contributed by atoms with van der Waals surface area (Å²) in [4.78, 5) is 15.9. The van der Waals surface area contributed by atoms with Gasteiger partial charge in [-0.1, -0.05) is 15.9 Å². The molecule has 1 aromatic carbocycles. The fraction of sp³-hybridized carbons (Fsp3) is 0.167. The van der Waals surface area contributed by atoms with E-state index < -0.39 is 0 Å². The zero-order valence-corrected chi connectivity index (χ0v) is 15.1. The Bertz CT molecular complexity index is 778. The lowest BCUT2D eigenvalue weighted by molar-refractivity contribution is 0.0719. The van der Waals surface area contributed by atoms with Gasteiger partial charge in [0.2, 0.25) is 0 Å². The number of amides is 1. The summed E-state index contributed by atoms with van der Waals surface area (Å²) in [6, 6.07) is 13.3. The summed E-state index contributed by atoms with van der Waals surface area (Å²) in [5, 5.41) is 2.06. The molecule has 0 radical (unpaired) electrons. The van der Waals surface area contributed by atoms with E-state index in [-0.39, 0.29) is 5.91 Å². The van der Waals surface area contributed by atoms with Gasteiger partial charge < -0.3 is 9.32 Å². The van der Waals surface area contributed by atoms with Gasteiger partial charge in [-0.25, -0.2) is 0 Å². The maximum Gasteiger partial charge on any atom is 0.254 e. The van der Waals surface area contributed by atoms with Gasteiger partial charge in [0, 0.05) is 14.9 Å². The third-order valence-corrected chi connectivity index (χ3v) is 5.14. The molecule has 0 bridgehead atoms. The molecule has 118 valence electrons. The van der Waals surface area contributed by atoms with Crippen LogP contribution in [-0.4, -0.2) is 10.8 Å². The van der Waals surface area contributed by atoms with Crippen LogP contribution >= 0.6 is 27.3 Å². The molecule has 2 aromatic heterocycles. The van der Waals surface area contributed by atoms with Crippen LogP contribution in [0.2, 0.25) is 0 Å². The average molecular weight is 390 g/mol. The van der Waals surface area contributed by atoms with Gasteiger partial charge >= 0.3 is 0 Å². The highest BCUT2D eigenvalue weighted by atomic mass is 79.9. The molecule has 0 atom stereocenters. The third kappa shape index (κ3) is 3.92. The summed E-state index contributed by atoms with van der Waals surface area (Å²) in [5.74, 6) is 0.784. The number of furan rings is 1. The van der Waals surface area contributed by atoms with Crippen molar-refractivity contribution in [2.24, 2.45) is 0 Å². The van der Waals surface area contributed by atoms with E-state index in [0.717, 1.165) is 10.2 Å². The minimum atomic E-state index is 0.00157. The van der Waals surface area contributed by atoms with Crippen LogP contribution in [0.4, 0.5) is 0 Å². The van der Waals surface area contributed by atoms with Crippen molar-refractivity contribution in [1.82, 2.24) is 4.90 Å². The monoisotopic (exact) mass is 389 g/mol. The van der Waals surface area contributed by atoms with Crippen LogP contribution in [0.15, 0.2) is 63.0 Å². The normalized spacial score (nSPS) is 10.7. The molecule has 0 unspecified atom stereocenters. The predicted molar refractivity (Wildman–Crippen MR) is 95.5 cm³/mol. The topological polar surface area (TPSA) is 33.5 Å². The maximum absolute atomic E-state index is 12.9. The van der Waals surface area contributed by atoms with Crippen LogP contribution in [0, 0.1) is 6.92 Å². The largest absolute Gasteiger partial charge is 0.467 e. The molecule has 0 fully saturated rings. The summed E-state index contributed by atoms with van der Waals surface area (Å²) in [5.41, 5.74) is 1.89. The number of hydrogen-bond donors (Lipinski definition) is 0. The predicted octanol–water partition coefficient (Wildman–Crippen LogP) is 5.25. The van der Waals surface area contributed by atoms with Crippen LogP contribution in [0.25, 0.3) is 0 Å². The van der Waals surface area contributed by atoms with Crippen molar-refractivity contribution in [1.29, 1.82) is 0 Å². The van der Waals surface area contributed by atoms with Crippen LogP contribution in [0.3, 0.4) is 0 Å². The standard InChI is InChI=1S/C18H16BrNO2S/c1-13-8-10-23-17(13)12-20(11-16-3-2-9-22-16)18(21)14-4-6-15(19)7-5-14/h2-10H,11-12H2,1H3. The molecule has 0 spiro atoms. The first kappa shape index (κ1) is 16.0. The van der Waals surface area contributed by atoms with E-state index in [2.05, 4.69) is 34.3 Å². The van der Waals surface area contributed by atoms with E-state index >= 15 is 0 Å². The molecule has 5 heteroatoms. The smallest absolute Gasteiger partial charge is 0.254 e. The van der Waals surface area contributed by atoms with Crippen molar-refractivity contribution >= 4 is 33.2 Å². The minimum absolute atomic E-state index is 0.00157. The third-order valence-electron chi connectivity index (χ3n) is 3.61. The van der Waals surface area contributed by atoms with E-state index in [1.165, 1.54) is 10.4 Å². The van der Waals surface area contributed by atoms with E-state index in [1.54, 1.807) is 17.6 Å². The number of halogens is 1. The minimum Gasteiger partial charge on any atom is -0.467 e. The zero-order chi connectivity index (χ0) is 16.2. The molecular formula is C18H16BrNO2S. The molecule has 0 saturated carbocycles. The summed E-state index contributed by atoms with van der Waals surface area (Å²) < 4.78 is 6.38. The fourth-order valence-corrected chi connectivity index (χ4v) is 3.49. The van der Waals surface area contributed by atoms with Gasteiger partial charge in [0.15, 0.2) is 0 Å². The Balaban J connectivity index is 1.85. The Hall–Kier alpha value is -1.85. The first-order valence-corrected chi connectivity index (χ1v) is 8.91. The van der Waals surface area contributed by atoms with E-state index in [9.17, 15) is 4.79 Å². The number of benzene rings is 1. The summed E-state index contributed by atoms with van der Waals surface area (Å²) in [6.07, 6.45) is 1.63. The average Bonchev–Trinajstić information content (AvgIpc) is 3.19. The highest BCUT2D eigenvalue weighted by molar-refractivity contribution is 9.10. The van der Waals surface area contributed by atoms with Crippen LogP contribution in [0.5, 0.6) is 0 Å². The second kappa shape index (κ2) is 7.15. The van der Waals surface area contributed by atoms with Gasteiger partial charge in [0.25, 0.3) is 5.91 Å². The second-order valence-corrected chi connectivity index (χ2v) is 7.19. The quantitative estimate of drug-likeness (QED) is 0.596. The molecule has 0 saturated heterocycles. The first-order valence-electron chi connectivity index (χ1n) is 7.23. The number of rotatable bonds is 5. The van der Waals surface area contributed by atoms with Gasteiger partial charge in [0.05, 0.1) is 19.4 Å². The van der Waals surface area contributed by atoms with Gasteiger partial charge in [-0.3, -0.25) is 4.79 Å². The SMILES string of the molecule is Cc1ccsc1CN(Cc1ccco1)C(=O)c1ccc(Br)cc1. The molecule has 0 aliphatic rings. The van der Waals surface area contributed by atoms with E-state index in [4.69, 9.17) is 4.42 Å². The maximum atomic E-state index is 12.9. The van der Waals surface area contributed by atoms with Crippen molar-refractivity contribution in [2.75, 3.05) is 0 Å². The highest BCUT2D eigenvalue weighted by Gasteiger charge is 2.19. The Kier molecular flexibility index (Phi) is 4.98. The van der Waals surface area contributed by atoms with Crippen molar-refractivity contribution in [3.8, 4) is 0 Å². The summed E-state index contributed by atoms with van der Waals surface area (Å²) in [6.45, 7) is 3.11. The number of hydrogen-bond acceptors (Lipinski definition) is 3. The van der Waals surface area contributed by atoms with Gasteiger partial charge in [-0.15, -0.1) is 11.3 Å². The lowest BCUT2D eigenvalue weighted by Gasteiger charge is -2.21. The molecule has 0 aliphatic carbocycles. The van der Waals surface area contributed by atoms with Gasteiger partial charge in [-0.2, -0.15) is 0 Å². The molecule has 23 heavy (non-hydrogen) atoms. The Morgan fingerprint density at radius 2 is 1.96 bits per heavy atom. The Morgan fingerprint density at radius 1 is 1.17 bits per heavy atom. The molecule has 3 rings (SSSR count). The van der Waals surface area contributed by atoms with Gasteiger partial charge in [-0.05, 0) is 60.3 Å². The van der Waals surface area contributed by atoms with E-state index in [1.807, 2.05) is 41.3 Å². The van der Waals surface area contributed by atoms with Crippen LogP contribution in [-0.2, 0) is 13.1 Å². The number of carbonyl (C=O) groups is 1. The van der Waals surface area contributed by atoms with Crippen molar-refractivity contribution in [3.05, 3.63) is 80.3 Å². The molecule has 0 N–H and O–H groups in total. The summed E-state index contributed by atoms with van der Waals surface area (Å²) >= 11 is 5.07. The van der Waals surface area contributed by atoms with Crippen molar-refractivity contribution in [3.63, 3.8) is 0 Å². The lowest BCUT2D eigenvalue weighted by Crippen LogP contribution is -2.29. The van der Waals surface area contributed by atoms with Gasteiger partial charge in [0.1, 0.15) is 5.76 Å². The van der Waals surface area contributed by atoms with Crippen molar-refractivity contribution < 1.29 is 9.21 Å². The number of nitrogens with zero attached hydrogens (tertiary/aromatic N) is 1. The molecule has 2 heterocycles. The Morgan fingerprint density at radius 3 is 2.57 bits per heavy atom. The van der Waals surface area contributed by atoms with Crippen molar-refractivity contribution in [2.45, 2.75) is 20.0 Å². The molecular weight excluding hydrogens is 374 g/mol. The second-order valence-electron chi connectivity index (χ2n) is 5.27. The van der Waals surface area contributed by atoms with Crippen LogP contribution < -0.4 is 0 Å². The molecule has 3 aromatic rings. The highest BCUT2D eigenvalue weighted by Crippen LogP contribution is 2.21. The van der Waals surface area contributed by atoms with E-state index in [0.29, 0.717) is 18.7 Å². The first-order chi connectivity index (χ1) is 11.1. The fourth-order valence-electron chi connectivity index (χ4n) is 2.30. The Labute approximate surface area is 147 Å².